The average molecular weight is 312 g/mol. The molecular weight excluding hydrogens is 294 g/mol. The first-order valence-corrected chi connectivity index (χ1v) is 7.35. The lowest BCUT2D eigenvalue weighted by Gasteiger charge is -2.19. The van der Waals surface area contributed by atoms with Crippen molar-refractivity contribution in [2.24, 2.45) is 0 Å². The van der Waals surface area contributed by atoms with E-state index in [4.69, 9.17) is 21.4 Å². The van der Waals surface area contributed by atoms with Crippen molar-refractivity contribution in [3.05, 3.63) is 28.8 Å². The topological polar surface area (TPSA) is 75.6 Å². The predicted octanol–water partition coefficient (Wildman–Crippen LogP) is 2.86. The second-order valence-corrected chi connectivity index (χ2v) is 5.63. The molecule has 0 aromatic heterocycles. The van der Waals surface area contributed by atoms with Gasteiger partial charge in [-0.15, -0.1) is 0 Å². The van der Waals surface area contributed by atoms with Gasteiger partial charge in [0, 0.05) is 11.1 Å². The number of carboxylic acids is 1. The van der Waals surface area contributed by atoms with E-state index in [9.17, 15) is 9.59 Å². The lowest BCUT2D eigenvalue weighted by molar-refractivity contribution is -0.128. The molecule has 1 amide bonds. The van der Waals surface area contributed by atoms with Crippen molar-refractivity contribution < 1.29 is 19.4 Å². The van der Waals surface area contributed by atoms with Crippen LogP contribution in [0.4, 0.5) is 0 Å². The summed E-state index contributed by atoms with van der Waals surface area (Å²) >= 11 is 5.85. The van der Waals surface area contributed by atoms with Crippen molar-refractivity contribution in [3.63, 3.8) is 0 Å². The van der Waals surface area contributed by atoms with Gasteiger partial charge in [0.2, 0.25) is 0 Å². The summed E-state index contributed by atoms with van der Waals surface area (Å²) in [4.78, 5) is 23.2. The Morgan fingerprint density at radius 1 is 1.38 bits per heavy atom. The molecule has 1 aliphatic carbocycles. The quantitative estimate of drug-likeness (QED) is 0.876. The summed E-state index contributed by atoms with van der Waals surface area (Å²) in [5.74, 6) is -1.26. The molecule has 0 saturated heterocycles. The van der Waals surface area contributed by atoms with E-state index < -0.39 is 12.1 Å². The molecule has 1 unspecified atom stereocenters. The van der Waals surface area contributed by atoms with Crippen LogP contribution in [0.3, 0.4) is 0 Å². The van der Waals surface area contributed by atoms with Gasteiger partial charge in [-0.25, -0.2) is 4.79 Å². The van der Waals surface area contributed by atoms with Gasteiger partial charge in [-0.1, -0.05) is 24.4 Å². The highest BCUT2D eigenvalue weighted by Gasteiger charge is 2.23. The summed E-state index contributed by atoms with van der Waals surface area (Å²) in [6.45, 7) is 1.59. The Morgan fingerprint density at radius 3 is 2.67 bits per heavy atom. The number of aromatic carboxylic acids is 1. The number of benzene rings is 1. The van der Waals surface area contributed by atoms with E-state index in [1.54, 1.807) is 6.92 Å². The number of carbonyl (C=O) groups excluding carboxylic acids is 1. The largest absolute Gasteiger partial charge is 0.480 e. The summed E-state index contributed by atoms with van der Waals surface area (Å²) in [6.07, 6.45) is 3.43. The zero-order valence-corrected chi connectivity index (χ0v) is 12.5. The third kappa shape index (κ3) is 4.11. The fourth-order valence-electron chi connectivity index (χ4n) is 2.40. The highest BCUT2D eigenvalue weighted by atomic mass is 35.5. The average Bonchev–Trinajstić information content (AvgIpc) is 2.91. The van der Waals surface area contributed by atoms with Crippen LogP contribution in [0, 0.1) is 0 Å². The maximum Gasteiger partial charge on any atom is 0.339 e. The van der Waals surface area contributed by atoms with Crippen LogP contribution in [-0.4, -0.2) is 29.1 Å². The number of amides is 1. The highest BCUT2D eigenvalue weighted by molar-refractivity contribution is 6.30. The number of nitrogens with one attached hydrogen (secondary N) is 1. The van der Waals surface area contributed by atoms with Gasteiger partial charge in [-0.05, 0) is 38.0 Å². The van der Waals surface area contributed by atoms with Gasteiger partial charge in [0.15, 0.2) is 6.10 Å². The van der Waals surface area contributed by atoms with E-state index in [2.05, 4.69) is 5.32 Å². The van der Waals surface area contributed by atoms with E-state index in [1.807, 2.05) is 0 Å². The summed E-state index contributed by atoms with van der Waals surface area (Å²) in [6, 6.07) is 4.44. The van der Waals surface area contributed by atoms with Gasteiger partial charge in [0.25, 0.3) is 5.91 Å². The number of hydrogen-bond donors (Lipinski definition) is 2. The molecule has 0 heterocycles. The maximum absolute atomic E-state index is 12.1. The molecule has 5 nitrogen and oxygen atoms in total. The van der Waals surface area contributed by atoms with E-state index in [1.165, 1.54) is 18.2 Å². The van der Waals surface area contributed by atoms with Crippen LogP contribution in [0.25, 0.3) is 0 Å². The Labute approximate surface area is 128 Å². The van der Waals surface area contributed by atoms with Crippen LogP contribution in [-0.2, 0) is 4.79 Å². The Bertz CT molecular complexity index is 540. The summed E-state index contributed by atoms with van der Waals surface area (Å²) in [5, 5.41) is 12.4. The Hall–Kier alpha value is -1.75. The molecule has 0 aliphatic heterocycles. The Morgan fingerprint density at radius 2 is 2.05 bits per heavy atom. The molecule has 1 aromatic carbocycles. The monoisotopic (exact) mass is 311 g/mol. The first-order chi connectivity index (χ1) is 9.97. The normalized spacial score (nSPS) is 16.5. The van der Waals surface area contributed by atoms with Gasteiger partial charge < -0.3 is 15.2 Å². The lowest BCUT2D eigenvalue weighted by atomic mass is 10.2. The summed E-state index contributed by atoms with van der Waals surface area (Å²) in [5.41, 5.74) is -0.0140. The summed E-state index contributed by atoms with van der Waals surface area (Å²) in [7, 11) is 0. The van der Waals surface area contributed by atoms with Gasteiger partial charge >= 0.3 is 5.97 Å². The van der Waals surface area contributed by atoms with Crippen molar-refractivity contribution in [3.8, 4) is 5.75 Å². The molecule has 6 heteroatoms. The van der Waals surface area contributed by atoms with Gasteiger partial charge in [0.05, 0.1) is 0 Å². The molecule has 1 aliphatic rings. The fraction of sp³-hybridized carbons (Fsp3) is 0.467. The molecule has 0 bridgehead atoms. The predicted molar refractivity (Wildman–Crippen MR) is 78.9 cm³/mol. The standard InChI is InChI=1S/C15H18ClNO4/c1-9(14(18)17-11-4-2-3-5-11)21-13-8-10(16)6-7-12(13)15(19)20/h6-9,11H,2-5H2,1H3,(H,17,18)(H,19,20). The molecule has 0 radical (unpaired) electrons. The van der Waals surface area contributed by atoms with Crippen LogP contribution in [0.15, 0.2) is 18.2 Å². The van der Waals surface area contributed by atoms with E-state index in [0.29, 0.717) is 5.02 Å². The van der Waals surface area contributed by atoms with Crippen LogP contribution < -0.4 is 10.1 Å². The minimum atomic E-state index is -1.12. The molecule has 1 saturated carbocycles. The van der Waals surface area contributed by atoms with Gasteiger partial charge in [0.1, 0.15) is 11.3 Å². The minimum absolute atomic E-state index is 0.0140. The highest BCUT2D eigenvalue weighted by Crippen LogP contribution is 2.25. The Kier molecular flexibility index (Phi) is 5.07. The van der Waals surface area contributed by atoms with Crippen LogP contribution >= 0.6 is 11.6 Å². The van der Waals surface area contributed by atoms with E-state index in [0.717, 1.165) is 25.7 Å². The van der Waals surface area contributed by atoms with E-state index in [-0.39, 0.29) is 23.3 Å². The maximum atomic E-state index is 12.1. The number of ether oxygens (including phenoxy) is 1. The third-order valence-electron chi connectivity index (χ3n) is 3.55. The van der Waals surface area contributed by atoms with Crippen molar-refractivity contribution in [1.82, 2.24) is 5.32 Å². The Balaban J connectivity index is 2.04. The van der Waals surface area contributed by atoms with Crippen molar-refractivity contribution in [2.45, 2.75) is 44.8 Å². The van der Waals surface area contributed by atoms with Crippen molar-refractivity contribution in [2.75, 3.05) is 0 Å². The van der Waals surface area contributed by atoms with E-state index >= 15 is 0 Å². The molecule has 21 heavy (non-hydrogen) atoms. The molecule has 1 atom stereocenters. The molecule has 1 aromatic rings. The van der Waals surface area contributed by atoms with Crippen LogP contribution in [0.2, 0.25) is 5.02 Å². The number of hydrogen-bond acceptors (Lipinski definition) is 3. The lowest BCUT2D eigenvalue weighted by Crippen LogP contribution is -2.41. The van der Waals surface area contributed by atoms with Crippen LogP contribution in [0.1, 0.15) is 43.0 Å². The first-order valence-electron chi connectivity index (χ1n) is 6.97. The summed E-state index contributed by atoms with van der Waals surface area (Å²) < 4.78 is 5.48. The fourth-order valence-corrected chi connectivity index (χ4v) is 2.57. The van der Waals surface area contributed by atoms with Crippen molar-refractivity contribution >= 4 is 23.5 Å². The number of carbonyl (C=O) groups is 2. The molecule has 2 N–H and O–H groups in total. The van der Waals surface area contributed by atoms with Gasteiger partial charge in [-0.3, -0.25) is 4.79 Å². The second kappa shape index (κ2) is 6.80. The molecule has 114 valence electrons. The SMILES string of the molecule is CC(Oc1cc(Cl)ccc1C(=O)O)C(=O)NC1CCCC1. The number of carboxylic acid groups (broad SMARTS) is 1. The zero-order valence-electron chi connectivity index (χ0n) is 11.8. The van der Waals surface area contributed by atoms with Crippen LogP contribution in [0.5, 0.6) is 5.75 Å². The molecule has 0 spiro atoms. The number of halogens is 1. The smallest absolute Gasteiger partial charge is 0.339 e. The zero-order chi connectivity index (χ0) is 15.4. The molecule has 2 rings (SSSR count). The number of rotatable bonds is 5. The second-order valence-electron chi connectivity index (χ2n) is 5.20. The molecular formula is C15H18ClNO4. The van der Waals surface area contributed by atoms with Crippen molar-refractivity contribution in [1.29, 1.82) is 0 Å². The minimum Gasteiger partial charge on any atom is -0.480 e. The van der Waals surface area contributed by atoms with Gasteiger partial charge in [-0.2, -0.15) is 0 Å². The third-order valence-corrected chi connectivity index (χ3v) is 3.78. The first kappa shape index (κ1) is 15.6. The molecule has 1 fully saturated rings.